The van der Waals surface area contributed by atoms with Crippen LogP contribution in [0.25, 0.3) is 0 Å². The fraction of sp³-hybridized carbons (Fsp3) is 0.200. The van der Waals surface area contributed by atoms with Crippen LogP contribution in [0.4, 0.5) is 5.69 Å². The summed E-state index contributed by atoms with van der Waals surface area (Å²) >= 11 is 1.02. The average Bonchev–Trinajstić information content (AvgIpc) is 3.04. The van der Waals surface area contributed by atoms with Gasteiger partial charge >= 0.3 is 5.97 Å². The normalized spacial score (nSPS) is 13.3. The van der Waals surface area contributed by atoms with Crippen LogP contribution in [-0.2, 0) is 6.42 Å². The third-order valence-corrected chi connectivity index (χ3v) is 4.47. The van der Waals surface area contributed by atoms with Gasteiger partial charge in [-0.3, -0.25) is 4.79 Å². The summed E-state index contributed by atoms with van der Waals surface area (Å²) < 4.78 is 0. The highest BCUT2D eigenvalue weighted by atomic mass is 32.1. The van der Waals surface area contributed by atoms with Crippen molar-refractivity contribution in [1.29, 1.82) is 0 Å². The number of hydrogen-bond donors (Lipinski definition) is 1. The Morgan fingerprint density at radius 1 is 1.20 bits per heavy atom. The molecule has 0 bridgehead atoms. The zero-order valence-corrected chi connectivity index (χ0v) is 11.7. The highest BCUT2D eigenvalue weighted by Crippen LogP contribution is 2.31. The Balaban J connectivity index is 1.93. The molecule has 2 aromatic rings. The van der Waals surface area contributed by atoms with Gasteiger partial charge in [-0.1, -0.05) is 12.1 Å². The van der Waals surface area contributed by atoms with Crippen LogP contribution in [0, 0.1) is 6.92 Å². The Kier molecular flexibility index (Phi) is 3.06. The first kappa shape index (κ1) is 12.9. The second-order valence-electron chi connectivity index (χ2n) is 4.81. The average molecular weight is 287 g/mol. The monoisotopic (exact) mass is 287 g/mol. The summed E-state index contributed by atoms with van der Waals surface area (Å²) in [5.74, 6) is -1.11. The van der Waals surface area contributed by atoms with Crippen LogP contribution >= 0.6 is 11.3 Å². The maximum absolute atomic E-state index is 12.5. The third kappa shape index (κ3) is 2.10. The molecule has 0 spiro atoms. The van der Waals surface area contributed by atoms with Crippen LogP contribution in [0.3, 0.4) is 0 Å². The molecule has 3 rings (SSSR count). The molecule has 0 unspecified atom stereocenters. The SMILES string of the molecule is Cc1ccc2c(c1)N(C(=O)c1ccc(C(=O)O)s1)CC2. The molecule has 1 aliphatic heterocycles. The largest absolute Gasteiger partial charge is 0.477 e. The van der Waals surface area contributed by atoms with E-state index >= 15 is 0 Å². The van der Waals surface area contributed by atoms with E-state index < -0.39 is 5.97 Å². The van der Waals surface area contributed by atoms with E-state index in [-0.39, 0.29) is 10.8 Å². The van der Waals surface area contributed by atoms with E-state index in [0.717, 1.165) is 29.0 Å². The van der Waals surface area contributed by atoms with Gasteiger partial charge in [-0.2, -0.15) is 0 Å². The number of carboxylic acids is 1. The lowest BCUT2D eigenvalue weighted by Gasteiger charge is -2.16. The Hall–Kier alpha value is -2.14. The second kappa shape index (κ2) is 4.76. The predicted molar refractivity (Wildman–Crippen MR) is 77.8 cm³/mol. The summed E-state index contributed by atoms with van der Waals surface area (Å²) in [5.41, 5.74) is 3.22. The van der Waals surface area contributed by atoms with Crippen LogP contribution < -0.4 is 4.90 Å². The molecule has 1 amide bonds. The van der Waals surface area contributed by atoms with Gasteiger partial charge in [0.1, 0.15) is 4.88 Å². The molecule has 2 heterocycles. The van der Waals surface area contributed by atoms with Gasteiger partial charge in [0.05, 0.1) is 4.88 Å². The van der Waals surface area contributed by atoms with Crippen molar-refractivity contribution in [1.82, 2.24) is 0 Å². The molecular formula is C15H13NO3S. The van der Waals surface area contributed by atoms with E-state index in [2.05, 4.69) is 6.07 Å². The molecular weight excluding hydrogens is 274 g/mol. The molecule has 0 saturated heterocycles. The Morgan fingerprint density at radius 2 is 1.95 bits per heavy atom. The number of carbonyl (C=O) groups excluding carboxylic acids is 1. The molecule has 0 saturated carbocycles. The topological polar surface area (TPSA) is 57.6 Å². The van der Waals surface area contributed by atoms with Crippen LogP contribution in [-0.4, -0.2) is 23.5 Å². The highest BCUT2D eigenvalue weighted by molar-refractivity contribution is 7.16. The first-order valence-electron chi connectivity index (χ1n) is 6.31. The van der Waals surface area contributed by atoms with E-state index in [1.165, 1.54) is 11.6 Å². The van der Waals surface area contributed by atoms with Gasteiger partial charge in [0.2, 0.25) is 0 Å². The Labute approximate surface area is 120 Å². The summed E-state index contributed by atoms with van der Waals surface area (Å²) in [6.07, 6.45) is 0.846. The van der Waals surface area contributed by atoms with E-state index in [9.17, 15) is 9.59 Å². The van der Waals surface area contributed by atoms with Crippen molar-refractivity contribution in [3.8, 4) is 0 Å². The lowest BCUT2D eigenvalue weighted by molar-refractivity contribution is 0.0702. The minimum Gasteiger partial charge on any atom is -0.477 e. The van der Waals surface area contributed by atoms with E-state index in [4.69, 9.17) is 5.11 Å². The summed E-state index contributed by atoms with van der Waals surface area (Å²) in [7, 11) is 0. The quantitative estimate of drug-likeness (QED) is 0.924. The number of hydrogen-bond acceptors (Lipinski definition) is 3. The lowest BCUT2D eigenvalue weighted by Crippen LogP contribution is -2.28. The molecule has 1 aliphatic rings. The van der Waals surface area contributed by atoms with E-state index in [0.29, 0.717) is 11.4 Å². The maximum atomic E-state index is 12.5. The van der Waals surface area contributed by atoms with Crippen LogP contribution in [0.15, 0.2) is 30.3 Å². The standard InChI is InChI=1S/C15H13NO3S/c1-9-2-3-10-6-7-16(11(10)8-9)14(17)12-4-5-13(20-12)15(18)19/h2-5,8H,6-7H2,1H3,(H,18,19). The second-order valence-corrected chi connectivity index (χ2v) is 5.89. The van der Waals surface area contributed by atoms with Gasteiger partial charge in [0.25, 0.3) is 5.91 Å². The molecule has 0 radical (unpaired) electrons. The summed E-state index contributed by atoms with van der Waals surface area (Å²) in [4.78, 5) is 25.8. The maximum Gasteiger partial charge on any atom is 0.345 e. The van der Waals surface area contributed by atoms with Gasteiger partial charge < -0.3 is 10.0 Å². The van der Waals surface area contributed by atoms with E-state index in [1.807, 2.05) is 19.1 Å². The molecule has 1 aromatic carbocycles. The highest BCUT2D eigenvalue weighted by Gasteiger charge is 2.26. The summed E-state index contributed by atoms with van der Waals surface area (Å²) in [6.45, 7) is 2.65. The number of benzene rings is 1. The minimum atomic E-state index is -0.994. The molecule has 20 heavy (non-hydrogen) atoms. The van der Waals surface area contributed by atoms with Gasteiger partial charge in [-0.05, 0) is 42.7 Å². The van der Waals surface area contributed by atoms with Gasteiger partial charge in [-0.25, -0.2) is 4.79 Å². The van der Waals surface area contributed by atoms with Crippen molar-refractivity contribution in [2.24, 2.45) is 0 Å². The van der Waals surface area contributed by atoms with Crippen molar-refractivity contribution in [2.75, 3.05) is 11.4 Å². The van der Waals surface area contributed by atoms with Crippen molar-refractivity contribution in [3.63, 3.8) is 0 Å². The van der Waals surface area contributed by atoms with Gasteiger partial charge in [0, 0.05) is 12.2 Å². The van der Waals surface area contributed by atoms with Crippen LogP contribution in [0.1, 0.15) is 30.5 Å². The van der Waals surface area contributed by atoms with E-state index in [1.54, 1.807) is 11.0 Å². The fourth-order valence-corrected chi connectivity index (χ4v) is 3.19. The third-order valence-electron chi connectivity index (χ3n) is 3.41. The number of aromatic carboxylic acids is 1. The van der Waals surface area contributed by atoms with Crippen molar-refractivity contribution in [3.05, 3.63) is 51.2 Å². The number of fused-ring (bicyclic) bond motifs is 1. The van der Waals surface area contributed by atoms with Crippen molar-refractivity contribution < 1.29 is 14.7 Å². The number of thiophene rings is 1. The number of carbonyl (C=O) groups is 2. The molecule has 0 atom stereocenters. The summed E-state index contributed by atoms with van der Waals surface area (Å²) in [5, 5.41) is 8.92. The smallest absolute Gasteiger partial charge is 0.345 e. The summed E-state index contributed by atoms with van der Waals surface area (Å²) in [6, 6.07) is 9.17. The zero-order chi connectivity index (χ0) is 14.3. The minimum absolute atomic E-state index is 0.119. The molecule has 0 aliphatic carbocycles. The van der Waals surface area contributed by atoms with Crippen molar-refractivity contribution in [2.45, 2.75) is 13.3 Å². The van der Waals surface area contributed by atoms with Crippen LogP contribution in [0.2, 0.25) is 0 Å². The number of aryl methyl sites for hydroxylation is 1. The molecule has 5 heteroatoms. The Bertz CT molecular complexity index is 705. The van der Waals surface area contributed by atoms with Gasteiger partial charge in [0.15, 0.2) is 0 Å². The first-order valence-corrected chi connectivity index (χ1v) is 7.12. The predicted octanol–water partition coefficient (Wildman–Crippen LogP) is 2.96. The zero-order valence-electron chi connectivity index (χ0n) is 10.9. The number of nitrogens with zero attached hydrogens (tertiary/aromatic N) is 1. The Morgan fingerprint density at radius 3 is 2.65 bits per heavy atom. The fourth-order valence-electron chi connectivity index (χ4n) is 2.40. The first-order chi connectivity index (χ1) is 9.56. The number of amides is 1. The lowest BCUT2D eigenvalue weighted by atomic mass is 10.1. The molecule has 1 N–H and O–H groups in total. The molecule has 0 fully saturated rings. The van der Waals surface area contributed by atoms with Crippen LogP contribution in [0.5, 0.6) is 0 Å². The molecule has 1 aromatic heterocycles. The number of carboxylic acid groups (broad SMARTS) is 1. The molecule has 102 valence electrons. The van der Waals surface area contributed by atoms with Crippen molar-refractivity contribution >= 4 is 28.9 Å². The number of rotatable bonds is 2. The van der Waals surface area contributed by atoms with Gasteiger partial charge in [-0.15, -0.1) is 11.3 Å². The number of anilines is 1. The molecule has 4 nitrogen and oxygen atoms in total.